The van der Waals surface area contributed by atoms with Crippen LogP contribution in [0.4, 0.5) is 0 Å². The molecule has 2 aromatic carbocycles. The molecule has 0 saturated carbocycles. The van der Waals surface area contributed by atoms with Gasteiger partial charge in [0, 0.05) is 11.6 Å². The minimum atomic E-state index is -0.121. The van der Waals surface area contributed by atoms with E-state index in [4.69, 9.17) is 5.79 Å². The Labute approximate surface area is 99.5 Å². The fraction of sp³-hybridized carbons (Fsp3) is 0. The third-order valence-electron chi connectivity index (χ3n) is 2.62. The standard InChI is InChI=1S/C15H10O2/c16-13-10-15(11-6-2-1-3-7-11)17-14-9-5-4-8-12(13)14/h1-10H/i9D. The molecule has 1 heterocycles. The summed E-state index contributed by atoms with van der Waals surface area (Å²) in [5, 5.41) is 0.446. The first-order chi connectivity index (χ1) is 8.75. The average Bonchev–Trinajstić information content (AvgIpc) is 2.41. The van der Waals surface area contributed by atoms with Crippen molar-refractivity contribution in [2.45, 2.75) is 0 Å². The van der Waals surface area contributed by atoms with E-state index in [1.54, 1.807) is 18.2 Å². The molecule has 3 rings (SSSR count). The lowest BCUT2D eigenvalue weighted by Gasteiger charge is -2.02. The van der Waals surface area contributed by atoms with E-state index in [0.717, 1.165) is 5.56 Å². The van der Waals surface area contributed by atoms with Crippen LogP contribution >= 0.6 is 0 Å². The third kappa shape index (κ3) is 1.74. The molecule has 0 unspecified atom stereocenters. The summed E-state index contributed by atoms with van der Waals surface area (Å²) in [4.78, 5) is 12.0. The maximum atomic E-state index is 12.0. The highest BCUT2D eigenvalue weighted by Gasteiger charge is 2.05. The normalized spacial score (nSPS) is 11.4. The average molecular weight is 223 g/mol. The van der Waals surface area contributed by atoms with E-state index in [-0.39, 0.29) is 11.5 Å². The van der Waals surface area contributed by atoms with Crippen LogP contribution < -0.4 is 5.43 Å². The smallest absolute Gasteiger partial charge is 0.193 e. The van der Waals surface area contributed by atoms with Gasteiger partial charge >= 0.3 is 0 Å². The highest BCUT2D eigenvalue weighted by molar-refractivity contribution is 5.78. The van der Waals surface area contributed by atoms with Gasteiger partial charge in [-0.25, -0.2) is 0 Å². The second-order valence-electron chi connectivity index (χ2n) is 3.75. The van der Waals surface area contributed by atoms with Gasteiger partial charge in [-0.15, -0.1) is 0 Å². The van der Waals surface area contributed by atoms with Crippen molar-refractivity contribution in [2.75, 3.05) is 0 Å². The van der Waals surface area contributed by atoms with Gasteiger partial charge in [-0.05, 0) is 12.1 Å². The van der Waals surface area contributed by atoms with Crippen molar-refractivity contribution in [3.8, 4) is 11.3 Å². The summed E-state index contributed by atoms with van der Waals surface area (Å²) in [5.41, 5.74) is 1.05. The monoisotopic (exact) mass is 223 g/mol. The van der Waals surface area contributed by atoms with Crippen LogP contribution in [0, 0.1) is 0 Å². The molecule has 0 radical (unpaired) electrons. The maximum absolute atomic E-state index is 12.0. The summed E-state index contributed by atoms with van der Waals surface area (Å²) in [6.07, 6.45) is 0. The molecule has 0 fully saturated rings. The molecule has 3 aromatic rings. The van der Waals surface area contributed by atoms with Gasteiger partial charge in [-0.1, -0.05) is 42.5 Å². The number of hydrogen-bond acceptors (Lipinski definition) is 2. The Bertz CT molecular complexity index is 760. The zero-order valence-corrected chi connectivity index (χ0v) is 9.01. The van der Waals surface area contributed by atoms with Crippen LogP contribution in [-0.4, -0.2) is 0 Å². The van der Waals surface area contributed by atoms with Crippen LogP contribution in [0.1, 0.15) is 1.37 Å². The van der Waals surface area contributed by atoms with E-state index in [1.807, 2.05) is 30.3 Å². The summed E-state index contributed by atoms with van der Waals surface area (Å²) in [6.45, 7) is 0. The lowest BCUT2D eigenvalue weighted by molar-refractivity contribution is 0.619. The predicted molar refractivity (Wildman–Crippen MR) is 67.9 cm³/mol. The van der Waals surface area contributed by atoms with Crippen molar-refractivity contribution in [1.82, 2.24) is 0 Å². The fourth-order valence-electron chi connectivity index (χ4n) is 1.78. The molecule has 0 amide bonds. The van der Waals surface area contributed by atoms with E-state index in [9.17, 15) is 4.79 Å². The molecule has 0 bridgehead atoms. The molecule has 1 aromatic heterocycles. The molecule has 0 spiro atoms. The first-order valence-electron chi connectivity index (χ1n) is 5.84. The molecular weight excluding hydrogens is 212 g/mol. The first-order valence-corrected chi connectivity index (χ1v) is 5.34. The van der Waals surface area contributed by atoms with Gasteiger partial charge in [0.05, 0.1) is 6.76 Å². The number of benzene rings is 2. The zero-order chi connectivity index (χ0) is 12.5. The summed E-state index contributed by atoms with van der Waals surface area (Å²) in [7, 11) is 0. The van der Waals surface area contributed by atoms with Gasteiger partial charge in [0.2, 0.25) is 0 Å². The highest BCUT2D eigenvalue weighted by Crippen LogP contribution is 2.21. The number of fused-ring (bicyclic) bond motifs is 1. The van der Waals surface area contributed by atoms with Crippen LogP contribution in [0.5, 0.6) is 0 Å². The van der Waals surface area contributed by atoms with Crippen LogP contribution in [0.3, 0.4) is 0 Å². The Kier molecular flexibility index (Phi) is 2.01. The van der Waals surface area contributed by atoms with E-state index >= 15 is 0 Å². The molecule has 0 aliphatic rings. The SMILES string of the molecule is [2H]c1cccc2c(=O)cc(-c3ccccc3)oc12. The van der Waals surface area contributed by atoms with E-state index in [1.165, 1.54) is 6.07 Å². The second-order valence-corrected chi connectivity index (χ2v) is 3.75. The predicted octanol–water partition coefficient (Wildman–Crippen LogP) is 3.46. The molecule has 0 aliphatic heterocycles. The largest absolute Gasteiger partial charge is 0.456 e. The second kappa shape index (κ2) is 3.91. The molecule has 2 nitrogen and oxygen atoms in total. The number of rotatable bonds is 1. The molecule has 82 valence electrons. The molecule has 17 heavy (non-hydrogen) atoms. The van der Waals surface area contributed by atoms with Crippen molar-refractivity contribution < 1.29 is 5.79 Å². The molecular formula is C15H10O2. The fourth-order valence-corrected chi connectivity index (χ4v) is 1.78. The van der Waals surface area contributed by atoms with Crippen molar-refractivity contribution in [1.29, 1.82) is 0 Å². The first kappa shape index (κ1) is 8.76. The van der Waals surface area contributed by atoms with Crippen molar-refractivity contribution >= 4 is 11.0 Å². The zero-order valence-electron chi connectivity index (χ0n) is 10.0. The summed E-state index contributed by atoms with van der Waals surface area (Å²) >= 11 is 0. The van der Waals surface area contributed by atoms with E-state index < -0.39 is 0 Å². The quantitative estimate of drug-likeness (QED) is 0.632. The van der Waals surface area contributed by atoms with Crippen LogP contribution in [-0.2, 0) is 0 Å². The molecule has 0 N–H and O–H groups in total. The van der Waals surface area contributed by atoms with Crippen LogP contribution in [0.15, 0.2) is 69.9 Å². The van der Waals surface area contributed by atoms with Crippen molar-refractivity contribution in [3.05, 3.63) is 70.9 Å². The van der Waals surface area contributed by atoms with Gasteiger partial charge in [-0.3, -0.25) is 4.79 Å². The Balaban J connectivity index is 2.34. The minimum Gasteiger partial charge on any atom is -0.456 e. The van der Waals surface area contributed by atoms with Crippen LogP contribution in [0.25, 0.3) is 22.3 Å². The van der Waals surface area contributed by atoms with Crippen LogP contribution in [0.2, 0.25) is 0 Å². The van der Waals surface area contributed by atoms with E-state index in [2.05, 4.69) is 0 Å². The summed E-state index contributed by atoms with van der Waals surface area (Å²) < 4.78 is 13.5. The Morgan fingerprint density at radius 2 is 1.76 bits per heavy atom. The van der Waals surface area contributed by atoms with Gasteiger partial charge in [0.1, 0.15) is 11.3 Å². The Hall–Kier alpha value is -2.35. The Morgan fingerprint density at radius 1 is 1.00 bits per heavy atom. The molecule has 0 atom stereocenters. The van der Waals surface area contributed by atoms with Gasteiger partial charge in [-0.2, -0.15) is 0 Å². The number of hydrogen-bond donors (Lipinski definition) is 0. The lowest BCUT2D eigenvalue weighted by Crippen LogP contribution is -1.99. The Morgan fingerprint density at radius 3 is 2.59 bits per heavy atom. The minimum absolute atomic E-state index is 0.121. The van der Waals surface area contributed by atoms with Gasteiger partial charge in [0.15, 0.2) is 5.43 Å². The maximum Gasteiger partial charge on any atom is 0.193 e. The van der Waals surface area contributed by atoms with Crippen molar-refractivity contribution in [2.24, 2.45) is 0 Å². The molecule has 0 saturated heterocycles. The molecule has 0 aliphatic carbocycles. The van der Waals surface area contributed by atoms with Gasteiger partial charge < -0.3 is 4.42 Å². The third-order valence-corrected chi connectivity index (χ3v) is 2.62. The van der Waals surface area contributed by atoms with Gasteiger partial charge in [0.25, 0.3) is 0 Å². The number of para-hydroxylation sites is 1. The highest BCUT2D eigenvalue weighted by atomic mass is 16.3. The summed E-state index contributed by atoms with van der Waals surface area (Å²) in [5.74, 6) is 0.493. The molecule has 2 heteroatoms. The van der Waals surface area contributed by atoms with E-state index in [0.29, 0.717) is 16.7 Å². The topological polar surface area (TPSA) is 30.2 Å². The lowest BCUT2D eigenvalue weighted by atomic mass is 10.1. The summed E-state index contributed by atoms with van der Waals surface area (Å²) in [6, 6.07) is 16.1. The van der Waals surface area contributed by atoms with Crippen molar-refractivity contribution in [3.63, 3.8) is 0 Å².